The van der Waals surface area contributed by atoms with Crippen LogP contribution in [0.2, 0.25) is 0 Å². The van der Waals surface area contributed by atoms with Crippen LogP contribution in [0.4, 0.5) is 0 Å². The van der Waals surface area contributed by atoms with E-state index in [1.807, 2.05) is 13.8 Å². The minimum Gasteiger partial charge on any atom is -0.356 e. The Morgan fingerprint density at radius 3 is 1.77 bits per heavy atom. The van der Waals surface area contributed by atoms with Crippen LogP contribution in [0.5, 0.6) is 0 Å². The molecule has 0 unspecified atom stereocenters. The fourth-order valence-corrected chi connectivity index (χ4v) is 0.319. The van der Waals surface area contributed by atoms with E-state index < -0.39 is 0 Å². The summed E-state index contributed by atoms with van der Waals surface area (Å²) >= 11 is 0. The van der Waals surface area contributed by atoms with Crippen LogP contribution in [0.3, 0.4) is 0 Å². The molecular formula is C9H21NO3. The van der Waals surface area contributed by atoms with Gasteiger partial charge in [0.2, 0.25) is 5.91 Å². The molecule has 0 radical (unpaired) electrons. The lowest BCUT2D eigenvalue weighted by Gasteiger charge is -2.09. The maximum absolute atomic E-state index is 10.3. The Hall–Kier alpha value is -0.610. The van der Waals surface area contributed by atoms with Gasteiger partial charge in [0.05, 0.1) is 0 Å². The fraction of sp³-hybridized carbons (Fsp3) is 0.889. The average molecular weight is 191 g/mol. The van der Waals surface area contributed by atoms with Gasteiger partial charge in [-0.1, -0.05) is 0 Å². The SMILES string of the molecule is CCN(C)C(C)=O.COC(C)OC. The molecule has 0 heterocycles. The summed E-state index contributed by atoms with van der Waals surface area (Å²) in [4.78, 5) is 12.0. The molecule has 1 amide bonds. The molecule has 0 bridgehead atoms. The van der Waals surface area contributed by atoms with Crippen molar-refractivity contribution < 1.29 is 14.3 Å². The van der Waals surface area contributed by atoms with Crippen molar-refractivity contribution in [3.8, 4) is 0 Å². The van der Waals surface area contributed by atoms with Gasteiger partial charge in [0, 0.05) is 34.7 Å². The first-order chi connectivity index (χ1) is 5.99. The number of ether oxygens (including phenoxy) is 2. The van der Waals surface area contributed by atoms with E-state index in [2.05, 4.69) is 9.47 Å². The summed E-state index contributed by atoms with van der Waals surface area (Å²) in [6.07, 6.45) is -0.0648. The normalized spacial score (nSPS) is 9.15. The number of amides is 1. The van der Waals surface area contributed by atoms with Crippen molar-refractivity contribution in [2.24, 2.45) is 0 Å². The molecule has 0 fully saturated rings. The lowest BCUT2D eigenvalue weighted by atomic mass is 10.6. The lowest BCUT2D eigenvalue weighted by molar-refractivity contribution is -0.127. The Balaban J connectivity index is 0. The average Bonchev–Trinajstić information content (AvgIpc) is 2.16. The van der Waals surface area contributed by atoms with E-state index in [9.17, 15) is 4.79 Å². The van der Waals surface area contributed by atoms with Crippen molar-refractivity contribution in [3.63, 3.8) is 0 Å². The first-order valence-corrected chi connectivity index (χ1v) is 4.26. The van der Waals surface area contributed by atoms with Crippen molar-refractivity contribution in [1.82, 2.24) is 4.90 Å². The smallest absolute Gasteiger partial charge is 0.219 e. The molecule has 0 aromatic rings. The van der Waals surface area contributed by atoms with E-state index in [4.69, 9.17) is 0 Å². The summed E-state index contributed by atoms with van der Waals surface area (Å²) in [6, 6.07) is 0. The molecule has 0 N–H and O–H groups in total. The van der Waals surface area contributed by atoms with Crippen LogP contribution in [0.15, 0.2) is 0 Å². The van der Waals surface area contributed by atoms with Crippen LogP contribution in [0, 0.1) is 0 Å². The third kappa shape index (κ3) is 11.4. The Bertz CT molecular complexity index is 124. The van der Waals surface area contributed by atoms with Gasteiger partial charge in [-0.15, -0.1) is 0 Å². The molecule has 0 aliphatic heterocycles. The Morgan fingerprint density at radius 1 is 1.38 bits per heavy atom. The molecule has 0 saturated carbocycles. The van der Waals surface area contributed by atoms with E-state index in [1.165, 1.54) is 0 Å². The zero-order valence-electron chi connectivity index (χ0n) is 9.46. The number of carbonyl (C=O) groups is 1. The van der Waals surface area contributed by atoms with Crippen LogP contribution in [0.25, 0.3) is 0 Å². The first kappa shape index (κ1) is 14.9. The zero-order chi connectivity index (χ0) is 10.9. The molecule has 0 saturated heterocycles. The second kappa shape index (κ2) is 9.48. The highest BCUT2D eigenvalue weighted by atomic mass is 16.7. The van der Waals surface area contributed by atoms with Gasteiger partial charge >= 0.3 is 0 Å². The minimum atomic E-state index is -0.0648. The zero-order valence-corrected chi connectivity index (χ0v) is 9.46. The molecule has 4 nitrogen and oxygen atoms in total. The summed E-state index contributed by atoms with van der Waals surface area (Å²) < 4.78 is 9.35. The van der Waals surface area contributed by atoms with E-state index in [0.717, 1.165) is 6.54 Å². The highest BCUT2D eigenvalue weighted by molar-refractivity contribution is 5.72. The molecule has 0 aliphatic rings. The fourth-order valence-electron chi connectivity index (χ4n) is 0.319. The Kier molecular flexibility index (Phi) is 10.9. The number of hydrogen-bond donors (Lipinski definition) is 0. The van der Waals surface area contributed by atoms with Gasteiger partial charge in [-0.2, -0.15) is 0 Å². The number of carbonyl (C=O) groups excluding carboxylic acids is 1. The van der Waals surface area contributed by atoms with Crippen LogP contribution in [-0.2, 0) is 14.3 Å². The number of methoxy groups -OCH3 is 2. The van der Waals surface area contributed by atoms with E-state index >= 15 is 0 Å². The number of hydrogen-bond acceptors (Lipinski definition) is 3. The summed E-state index contributed by atoms with van der Waals surface area (Å²) in [5, 5.41) is 0. The molecule has 0 spiro atoms. The summed E-state index contributed by atoms with van der Waals surface area (Å²) in [6.45, 7) is 6.14. The first-order valence-electron chi connectivity index (χ1n) is 4.26. The topological polar surface area (TPSA) is 38.8 Å². The van der Waals surface area contributed by atoms with Gasteiger partial charge in [0.15, 0.2) is 6.29 Å². The highest BCUT2D eigenvalue weighted by Gasteiger charge is 1.93. The molecule has 4 heteroatoms. The van der Waals surface area contributed by atoms with Crippen molar-refractivity contribution in [2.45, 2.75) is 27.1 Å². The van der Waals surface area contributed by atoms with E-state index in [-0.39, 0.29) is 12.2 Å². The number of nitrogens with zero attached hydrogens (tertiary/aromatic N) is 1. The molecule has 80 valence electrons. The number of rotatable bonds is 3. The quantitative estimate of drug-likeness (QED) is 0.627. The molecule has 13 heavy (non-hydrogen) atoms. The standard InChI is InChI=1S/C5H11NO.C4H10O2/c1-4-6(3)5(2)7;1-4(5-2)6-3/h4H2,1-3H3;4H,1-3H3. The highest BCUT2D eigenvalue weighted by Crippen LogP contribution is 1.83. The molecular weight excluding hydrogens is 170 g/mol. The molecule has 0 aromatic carbocycles. The van der Waals surface area contributed by atoms with Gasteiger partial charge in [-0.25, -0.2) is 0 Å². The Labute approximate surface area is 80.8 Å². The third-order valence-corrected chi connectivity index (χ3v) is 1.68. The maximum Gasteiger partial charge on any atom is 0.219 e. The van der Waals surface area contributed by atoms with Gasteiger partial charge in [-0.3, -0.25) is 4.79 Å². The third-order valence-electron chi connectivity index (χ3n) is 1.68. The second-order valence-corrected chi connectivity index (χ2v) is 2.57. The minimum absolute atomic E-state index is 0.0648. The van der Waals surface area contributed by atoms with E-state index in [0.29, 0.717) is 0 Å². The second-order valence-electron chi connectivity index (χ2n) is 2.57. The van der Waals surface area contributed by atoms with Gasteiger partial charge in [0.25, 0.3) is 0 Å². The lowest BCUT2D eigenvalue weighted by Crippen LogP contribution is -2.22. The summed E-state index contributed by atoms with van der Waals surface area (Å²) in [5.74, 6) is 0.127. The van der Waals surface area contributed by atoms with Crippen molar-refractivity contribution in [2.75, 3.05) is 27.8 Å². The van der Waals surface area contributed by atoms with E-state index in [1.54, 1.807) is 33.1 Å². The largest absolute Gasteiger partial charge is 0.356 e. The van der Waals surface area contributed by atoms with Crippen LogP contribution < -0.4 is 0 Å². The van der Waals surface area contributed by atoms with Crippen molar-refractivity contribution >= 4 is 5.91 Å². The maximum atomic E-state index is 10.3. The van der Waals surface area contributed by atoms with Crippen LogP contribution in [0.1, 0.15) is 20.8 Å². The van der Waals surface area contributed by atoms with Gasteiger partial charge < -0.3 is 14.4 Å². The van der Waals surface area contributed by atoms with Gasteiger partial charge in [0.1, 0.15) is 0 Å². The summed E-state index contributed by atoms with van der Waals surface area (Å²) in [5.41, 5.74) is 0. The predicted molar refractivity (Wildman–Crippen MR) is 52.5 cm³/mol. The molecule has 0 aromatic heterocycles. The monoisotopic (exact) mass is 191 g/mol. The summed E-state index contributed by atoms with van der Waals surface area (Å²) in [7, 11) is 4.99. The van der Waals surface area contributed by atoms with Crippen molar-refractivity contribution in [3.05, 3.63) is 0 Å². The molecule has 0 atom stereocenters. The molecule has 0 aliphatic carbocycles. The molecule has 0 rings (SSSR count). The van der Waals surface area contributed by atoms with Gasteiger partial charge in [-0.05, 0) is 13.8 Å². The van der Waals surface area contributed by atoms with Crippen LogP contribution in [-0.4, -0.2) is 44.9 Å². The Morgan fingerprint density at radius 2 is 1.77 bits per heavy atom. The van der Waals surface area contributed by atoms with Crippen LogP contribution >= 0.6 is 0 Å². The van der Waals surface area contributed by atoms with Crippen molar-refractivity contribution in [1.29, 1.82) is 0 Å². The predicted octanol–water partition coefficient (Wildman–Crippen LogP) is 1.11.